The third-order valence-corrected chi connectivity index (χ3v) is 5.39. The Kier molecular flexibility index (Phi) is 4.38. The monoisotopic (exact) mass is 366 g/mol. The molecule has 1 aliphatic heterocycles. The SMILES string of the molecule is CCC1Oc2cc(S(=O)(=O)Nc3ccccc3)c(Cl)cc2NC1=O. The lowest BCUT2D eigenvalue weighted by atomic mass is 10.2. The number of carbonyl (C=O) groups excluding carboxylic acids is 1. The lowest BCUT2D eigenvalue weighted by Gasteiger charge is -2.25. The molecule has 1 amide bonds. The van der Waals surface area contributed by atoms with Crippen LogP contribution in [0.25, 0.3) is 0 Å². The average Bonchev–Trinajstić information content (AvgIpc) is 2.54. The van der Waals surface area contributed by atoms with Crippen molar-refractivity contribution >= 4 is 38.9 Å². The van der Waals surface area contributed by atoms with E-state index in [1.54, 1.807) is 37.3 Å². The Hall–Kier alpha value is -2.25. The van der Waals surface area contributed by atoms with Gasteiger partial charge < -0.3 is 10.1 Å². The van der Waals surface area contributed by atoms with Crippen LogP contribution in [0.15, 0.2) is 47.4 Å². The Morgan fingerprint density at radius 2 is 1.96 bits per heavy atom. The van der Waals surface area contributed by atoms with E-state index >= 15 is 0 Å². The number of carbonyl (C=O) groups is 1. The van der Waals surface area contributed by atoms with Gasteiger partial charge in [0.1, 0.15) is 10.6 Å². The van der Waals surface area contributed by atoms with Crippen LogP contribution < -0.4 is 14.8 Å². The van der Waals surface area contributed by atoms with Crippen LogP contribution in [0.2, 0.25) is 5.02 Å². The number of hydrogen-bond acceptors (Lipinski definition) is 4. The summed E-state index contributed by atoms with van der Waals surface area (Å²) in [6, 6.07) is 11.2. The highest BCUT2D eigenvalue weighted by atomic mass is 35.5. The molecule has 3 rings (SSSR count). The fourth-order valence-electron chi connectivity index (χ4n) is 2.34. The molecule has 0 bridgehead atoms. The lowest BCUT2D eigenvalue weighted by molar-refractivity contribution is -0.123. The number of benzene rings is 2. The zero-order chi connectivity index (χ0) is 17.3. The summed E-state index contributed by atoms with van der Waals surface area (Å²) >= 11 is 6.10. The van der Waals surface area contributed by atoms with Gasteiger partial charge in [-0.15, -0.1) is 0 Å². The quantitative estimate of drug-likeness (QED) is 0.869. The second kappa shape index (κ2) is 6.33. The largest absolute Gasteiger partial charge is 0.478 e. The summed E-state index contributed by atoms with van der Waals surface area (Å²) in [4.78, 5) is 11.7. The fraction of sp³-hybridized carbons (Fsp3) is 0.188. The Morgan fingerprint density at radius 3 is 2.62 bits per heavy atom. The molecule has 8 heteroatoms. The summed E-state index contributed by atoms with van der Waals surface area (Å²) in [7, 11) is -3.89. The van der Waals surface area contributed by atoms with E-state index in [0.29, 0.717) is 17.8 Å². The van der Waals surface area contributed by atoms with E-state index in [0.717, 1.165) is 0 Å². The van der Waals surface area contributed by atoms with Gasteiger partial charge in [0.2, 0.25) is 0 Å². The van der Waals surface area contributed by atoms with Crippen LogP contribution in [-0.4, -0.2) is 20.4 Å². The molecule has 0 aliphatic carbocycles. The number of sulfonamides is 1. The summed E-state index contributed by atoms with van der Waals surface area (Å²) in [6.07, 6.45) is -0.186. The fourth-order valence-corrected chi connectivity index (χ4v) is 3.94. The molecule has 0 radical (unpaired) electrons. The van der Waals surface area contributed by atoms with Crippen molar-refractivity contribution in [1.29, 1.82) is 0 Å². The molecule has 1 unspecified atom stereocenters. The number of anilines is 2. The van der Waals surface area contributed by atoms with E-state index < -0.39 is 16.1 Å². The normalized spacial score (nSPS) is 16.8. The summed E-state index contributed by atoms with van der Waals surface area (Å²) in [6.45, 7) is 1.81. The van der Waals surface area contributed by atoms with Gasteiger partial charge >= 0.3 is 0 Å². The maximum atomic E-state index is 12.6. The molecule has 1 aliphatic rings. The van der Waals surface area contributed by atoms with Gasteiger partial charge in [-0.05, 0) is 24.6 Å². The number of fused-ring (bicyclic) bond motifs is 1. The van der Waals surface area contributed by atoms with Gasteiger partial charge in [-0.2, -0.15) is 0 Å². The van der Waals surface area contributed by atoms with Crippen LogP contribution >= 0.6 is 11.6 Å². The predicted molar refractivity (Wildman–Crippen MR) is 92.0 cm³/mol. The number of hydrogen-bond donors (Lipinski definition) is 2. The minimum absolute atomic E-state index is 0.00368. The highest BCUT2D eigenvalue weighted by Gasteiger charge is 2.29. The highest BCUT2D eigenvalue weighted by Crippen LogP contribution is 2.37. The van der Waals surface area contributed by atoms with Crippen molar-refractivity contribution in [2.24, 2.45) is 0 Å². The van der Waals surface area contributed by atoms with Crippen molar-refractivity contribution in [2.75, 3.05) is 10.0 Å². The first kappa shape index (κ1) is 16.6. The maximum absolute atomic E-state index is 12.6. The van der Waals surface area contributed by atoms with E-state index in [4.69, 9.17) is 16.3 Å². The molecule has 2 aromatic rings. The molecule has 0 spiro atoms. The van der Waals surface area contributed by atoms with Crippen LogP contribution in [0.1, 0.15) is 13.3 Å². The van der Waals surface area contributed by atoms with Gasteiger partial charge in [-0.3, -0.25) is 9.52 Å². The first-order valence-corrected chi connectivity index (χ1v) is 9.16. The first-order valence-electron chi connectivity index (χ1n) is 7.29. The smallest absolute Gasteiger partial charge is 0.265 e. The van der Waals surface area contributed by atoms with Gasteiger partial charge in [-0.1, -0.05) is 36.7 Å². The highest BCUT2D eigenvalue weighted by molar-refractivity contribution is 7.92. The Morgan fingerprint density at radius 1 is 1.25 bits per heavy atom. The molecule has 1 atom stereocenters. The molecule has 6 nitrogen and oxygen atoms in total. The average molecular weight is 367 g/mol. The van der Waals surface area contributed by atoms with E-state index in [1.807, 2.05) is 0 Å². The van der Waals surface area contributed by atoms with Gasteiger partial charge in [0.25, 0.3) is 15.9 Å². The van der Waals surface area contributed by atoms with Gasteiger partial charge in [0.05, 0.1) is 10.7 Å². The van der Waals surface area contributed by atoms with Crippen LogP contribution in [-0.2, 0) is 14.8 Å². The number of para-hydroxylation sites is 1. The van der Waals surface area contributed by atoms with Crippen molar-refractivity contribution in [3.63, 3.8) is 0 Å². The van der Waals surface area contributed by atoms with Gasteiger partial charge in [0, 0.05) is 11.8 Å². The molecule has 0 aromatic heterocycles. The van der Waals surface area contributed by atoms with Crippen LogP contribution in [0.4, 0.5) is 11.4 Å². The van der Waals surface area contributed by atoms with E-state index in [1.165, 1.54) is 12.1 Å². The van der Waals surface area contributed by atoms with Crippen molar-refractivity contribution in [1.82, 2.24) is 0 Å². The Bertz CT molecular complexity index is 884. The van der Waals surface area contributed by atoms with E-state index in [2.05, 4.69) is 10.0 Å². The van der Waals surface area contributed by atoms with E-state index in [9.17, 15) is 13.2 Å². The third-order valence-electron chi connectivity index (χ3n) is 3.54. The second-order valence-electron chi connectivity index (χ2n) is 5.25. The molecule has 0 saturated carbocycles. The Balaban J connectivity index is 1.98. The molecular formula is C16H15ClN2O4S. The van der Waals surface area contributed by atoms with Crippen molar-refractivity contribution < 1.29 is 17.9 Å². The van der Waals surface area contributed by atoms with Crippen molar-refractivity contribution in [3.8, 4) is 5.75 Å². The predicted octanol–water partition coefficient (Wildman–Crippen LogP) is 3.25. The molecule has 0 fully saturated rings. The van der Waals surface area contributed by atoms with E-state index in [-0.39, 0.29) is 21.6 Å². The summed E-state index contributed by atoms with van der Waals surface area (Å²) < 4.78 is 33.2. The zero-order valence-corrected chi connectivity index (χ0v) is 14.3. The summed E-state index contributed by atoms with van der Waals surface area (Å²) in [5.74, 6) is -0.00151. The molecule has 126 valence electrons. The zero-order valence-electron chi connectivity index (χ0n) is 12.7. The lowest BCUT2D eigenvalue weighted by Crippen LogP contribution is -2.36. The molecule has 0 saturated heterocycles. The number of nitrogens with one attached hydrogen (secondary N) is 2. The number of ether oxygens (including phenoxy) is 1. The molecule has 2 N–H and O–H groups in total. The molecule has 1 heterocycles. The molecule has 24 heavy (non-hydrogen) atoms. The van der Waals surface area contributed by atoms with Gasteiger partial charge in [-0.25, -0.2) is 8.42 Å². The second-order valence-corrected chi connectivity index (χ2v) is 7.31. The minimum Gasteiger partial charge on any atom is -0.478 e. The Labute approximate surface area is 144 Å². The molecule has 2 aromatic carbocycles. The molecular weight excluding hydrogens is 352 g/mol. The van der Waals surface area contributed by atoms with Gasteiger partial charge in [0.15, 0.2) is 6.10 Å². The number of amides is 1. The third kappa shape index (κ3) is 3.18. The van der Waals surface area contributed by atoms with Crippen LogP contribution in [0.5, 0.6) is 5.75 Å². The summed E-state index contributed by atoms with van der Waals surface area (Å²) in [5, 5.41) is 2.66. The van der Waals surface area contributed by atoms with Crippen molar-refractivity contribution in [2.45, 2.75) is 24.3 Å². The van der Waals surface area contributed by atoms with Crippen LogP contribution in [0, 0.1) is 0 Å². The first-order chi connectivity index (χ1) is 11.4. The summed E-state index contributed by atoms with van der Waals surface area (Å²) in [5.41, 5.74) is 0.778. The minimum atomic E-state index is -3.89. The van der Waals surface area contributed by atoms with Crippen LogP contribution in [0.3, 0.4) is 0 Å². The topological polar surface area (TPSA) is 84.5 Å². The number of rotatable bonds is 4. The van der Waals surface area contributed by atoms with Crippen molar-refractivity contribution in [3.05, 3.63) is 47.5 Å². The maximum Gasteiger partial charge on any atom is 0.265 e. The number of halogens is 1. The standard InChI is InChI=1S/C16H15ClN2O4S/c1-2-13-16(20)18-12-8-11(17)15(9-14(12)23-13)24(21,22)19-10-6-4-3-5-7-10/h3-9,13,19H,2H2,1H3,(H,18,20).